The van der Waals surface area contributed by atoms with Crippen molar-refractivity contribution in [2.75, 3.05) is 18.5 Å². The zero-order valence-corrected chi connectivity index (χ0v) is 10.6. The minimum absolute atomic E-state index is 0.0311. The number of anilines is 1. The number of benzene rings is 1. The average Bonchev–Trinajstić information content (AvgIpc) is 2.35. The normalized spacial score (nSPS) is 10.8. The number of rotatable bonds is 4. The Balaban J connectivity index is 2.68. The van der Waals surface area contributed by atoms with Crippen LogP contribution in [-0.4, -0.2) is 38.5 Å². The van der Waals surface area contributed by atoms with E-state index in [4.69, 9.17) is 10.2 Å². The lowest BCUT2D eigenvalue weighted by molar-refractivity contribution is -0.136. The highest BCUT2D eigenvalue weighted by Gasteiger charge is 2.13. The number of nitrogens with one attached hydrogen (secondary N) is 2. The number of carbonyl (C=O) groups excluding carboxylic acids is 2. The highest BCUT2D eigenvalue weighted by Crippen LogP contribution is 2.12. The van der Waals surface area contributed by atoms with Gasteiger partial charge in [-0.25, -0.2) is 13.6 Å². The van der Waals surface area contributed by atoms with Gasteiger partial charge in [-0.05, 0) is 24.3 Å². The van der Waals surface area contributed by atoms with Gasteiger partial charge < -0.3 is 15.7 Å². The summed E-state index contributed by atoms with van der Waals surface area (Å²) in [5.41, 5.74) is 0.247. The van der Waals surface area contributed by atoms with Gasteiger partial charge in [-0.2, -0.15) is 0 Å². The van der Waals surface area contributed by atoms with Crippen molar-refractivity contribution in [2.45, 2.75) is 4.90 Å². The Kier molecular flexibility index (Phi) is 4.98. The number of sulfonamides is 1. The number of aliphatic hydroxyl groups is 1. The molecule has 0 saturated carbocycles. The number of nitrogens with two attached hydrogens (primary N) is 1. The second-order valence-electron chi connectivity index (χ2n) is 3.50. The minimum atomic E-state index is -3.80. The topological polar surface area (TPSA) is 139 Å². The fourth-order valence-electron chi connectivity index (χ4n) is 1.17. The Morgan fingerprint density at radius 2 is 1.74 bits per heavy atom. The number of aliphatic hydroxyl groups excluding tert-OH is 1. The van der Waals surface area contributed by atoms with Gasteiger partial charge in [0.1, 0.15) is 0 Å². The van der Waals surface area contributed by atoms with Crippen LogP contribution in [0.2, 0.25) is 0 Å². The van der Waals surface area contributed by atoms with E-state index in [1.54, 1.807) is 0 Å². The van der Waals surface area contributed by atoms with Crippen LogP contribution in [0.4, 0.5) is 5.69 Å². The zero-order chi connectivity index (χ0) is 14.5. The van der Waals surface area contributed by atoms with Crippen LogP contribution < -0.4 is 15.8 Å². The SMILES string of the molecule is NS(=O)(=O)c1ccc(NC(=O)C(=O)NCCO)cc1. The molecule has 0 heterocycles. The second-order valence-corrected chi connectivity index (χ2v) is 5.06. The van der Waals surface area contributed by atoms with Gasteiger partial charge in [0.2, 0.25) is 10.0 Å². The minimum Gasteiger partial charge on any atom is -0.395 e. The molecule has 0 unspecified atom stereocenters. The molecule has 0 aliphatic carbocycles. The van der Waals surface area contributed by atoms with E-state index in [0.717, 1.165) is 0 Å². The molecular weight excluding hydrogens is 274 g/mol. The summed E-state index contributed by atoms with van der Waals surface area (Å²) in [7, 11) is -3.80. The zero-order valence-electron chi connectivity index (χ0n) is 9.79. The van der Waals surface area contributed by atoms with Gasteiger partial charge in [0, 0.05) is 12.2 Å². The van der Waals surface area contributed by atoms with E-state index in [-0.39, 0.29) is 23.7 Å². The van der Waals surface area contributed by atoms with Gasteiger partial charge in [0.25, 0.3) is 0 Å². The lowest BCUT2D eigenvalue weighted by Gasteiger charge is -2.06. The molecule has 0 radical (unpaired) electrons. The molecule has 0 saturated heterocycles. The molecule has 1 aromatic carbocycles. The molecule has 1 rings (SSSR count). The summed E-state index contributed by atoms with van der Waals surface area (Å²) in [4.78, 5) is 22.4. The number of carbonyl (C=O) groups is 2. The Bertz CT molecular complexity index is 567. The quantitative estimate of drug-likeness (QED) is 0.493. The fraction of sp³-hybridized carbons (Fsp3) is 0.200. The number of primary sulfonamides is 1. The summed E-state index contributed by atoms with van der Waals surface area (Å²) in [5.74, 6) is -1.82. The molecular formula is C10H13N3O5S. The molecule has 0 fully saturated rings. The van der Waals surface area contributed by atoms with Crippen molar-refractivity contribution in [3.8, 4) is 0 Å². The largest absolute Gasteiger partial charge is 0.395 e. The molecule has 0 aliphatic rings. The summed E-state index contributed by atoms with van der Waals surface area (Å²) in [6.07, 6.45) is 0. The van der Waals surface area contributed by atoms with E-state index in [1.165, 1.54) is 24.3 Å². The lowest BCUT2D eigenvalue weighted by atomic mass is 10.3. The molecule has 0 aliphatic heterocycles. The van der Waals surface area contributed by atoms with E-state index in [9.17, 15) is 18.0 Å². The molecule has 104 valence electrons. The van der Waals surface area contributed by atoms with Crippen molar-refractivity contribution in [3.63, 3.8) is 0 Å². The summed E-state index contributed by atoms with van der Waals surface area (Å²) < 4.78 is 22.0. The van der Waals surface area contributed by atoms with Gasteiger partial charge in [-0.15, -0.1) is 0 Å². The molecule has 0 aromatic heterocycles. The smallest absolute Gasteiger partial charge is 0.313 e. The number of hydrogen-bond donors (Lipinski definition) is 4. The van der Waals surface area contributed by atoms with Crippen LogP contribution >= 0.6 is 0 Å². The van der Waals surface area contributed by atoms with E-state index in [2.05, 4.69) is 10.6 Å². The second kappa shape index (κ2) is 6.27. The van der Waals surface area contributed by atoms with E-state index in [0.29, 0.717) is 0 Å². The van der Waals surface area contributed by atoms with Gasteiger partial charge in [0.15, 0.2) is 0 Å². The lowest BCUT2D eigenvalue weighted by Crippen LogP contribution is -2.36. The first-order valence-electron chi connectivity index (χ1n) is 5.17. The maximum Gasteiger partial charge on any atom is 0.313 e. The van der Waals surface area contributed by atoms with E-state index >= 15 is 0 Å². The molecule has 0 bridgehead atoms. The monoisotopic (exact) mass is 287 g/mol. The molecule has 19 heavy (non-hydrogen) atoms. The standard InChI is InChI=1S/C10H13N3O5S/c11-19(17,18)8-3-1-7(2-4-8)13-10(16)9(15)12-5-6-14/h1-4,14H,5-6H2,(H,12,15)(H,13,16)(H2,11,17,18). The molecule has 8 nitrogen and oxygen atoms in total. The van der Waals surface area contributed by atoms with Crippen molar-refractivity contribution in [1.29, 1.82) is 0 Å². The van der Waals surface area contributed by atoms with Crippen LogP contribution in [-0.2, 0) is 19.6 Å². The Labute approximate surface area is 109 Å². The Morgan fingerprint density at radius 3 is 2.21 bits per heavy atom. The highest BCUT2D eigenvalue weighted by atomic mass is 32.2. The van der Waals surface area contributed by atoms with Crippen molar-refractivity contribution in [3.05, 3.63) is 24.3 Å². The van der Waals surface area contributed by atoms with E-state index in [1.807, 2.05) is 0 Å². The van der Waals surface area contributed by atoms with Crippen molar-refractivity contribution < 1.29 is 23.1 Å². The first kappa shape index (κ1) is 15.1. The van der Waals surface area contributed by atoms with Gasteiger partial charge in [-0.1, -0.05) is 0 Å². The van der Waals surface area contributed by atoms with Crippen molar-refractivity contribution in [2.24, 2.45) is 5.14 Å². The number of hydrogen-bond acceptors (Lipinski definition) is 5. The summed E-state index contributed by atoms with van der Waals surface area (Å²) in [6, 6.07) is 5.01. The summed E-state index contributed by atoms with van der Waals surface area (Å²) in [6.45, 7) is -0.307. The first-order chi connectivity index (χ1) is 8.84. The van der Waals surface area contributed by atoms with Crippen molar-refractivity contribution in [1.82, 2.24) is 5.32 Å². The van der Waals surface area contributed by atoms with Crippen LogP contribution in [0.3, 0.4) is 0 Å². The van der Waals surface area contributed by atoms with Gasteiger partial charge in [-0.3, -0.25) is 9.59 Å². The third kappa shape index (κ3) is 4.66. The number of amides is 2. The highest BCUT2D eigenvalue weighted by molar-refractivity contribution is 7.89. The average molecular weight is 287 g/mol. The van der Waals surface area contributed by atoms with E-state index < -0.39 is 21.8 Å². The third-order valence-corrected chi connectivity index (χ3v) is 2.97. The predicted molar refractivity (Wildman–Crippen MR) is 66.5 cm³/mol. The van der Waals surface area contributed by atoms with Crippen LogP contribution in [0.25, 0.3) is 0 Å². The maximum absolute atomic E-state index is 11.4. The van der Waals surface area contributed by atoms with Crippen LogP contribution in [0.15, 0.2) is 29.2 Å². The Morgan fingerprint density at radius 1 is 1.16 bits per heavy atom. The van der Waals surface area contributed by atoms with Gasteiger partial charge >= 0.3 is 11.8 Å². The summed E-state index contributed by atoms with van der Waals surface area (Å²) >= 11 is 0. The molecule has 2 amide bonds. The maximum atomic E-state index is 11.4. The van der Waals surface area contributed by atoms with Gasteiger partial charge in [0.05, 0.1) is 11.5 Å². The molecule has 5 N–H and O–H groups in total. The van der Waals surface area contributed by atoms with Crippen LogP contribution in [0.1, 0.15) is 0 Å². The van der Waals surface area contributed by atoms with Crippen molar-refractivity contribution >= 4 is 27.5 Å². The summed E-state index contributed by atoms with van der Waals surface area (Å²) in [5, 5.41) is 17.8. The van der Waals surface area contributed by atoms with Crippen LogP contribution in [0, 0.1) is 0 Å². The Hall–Kier alpha value is -1.97. The predicted octanol–water partition coefficient (Wildman–Crippen LogP) is -1.62. The molecule has 0 atom stereocenters. The van der Waals surface area contributed by atoms with Crippen LogP contribution in [0.5, 0.6) is 0 Å². The molecule has 9 heteroatoms. The third-order valence-electron chi connectivity index (χ3n) is 2.04. The molecule has 0 spiro atoms. The fourth-order valence-corrected chi connectivity index (χ4v) is 1.68. The first-order valence-corrected chi connectivity index (χ1v) is 6.72. The molecule has 1 aromatic rings.